The number of rotatable bonds is 6. The molecule has 3 aromatic rings. The highest BCUT2D eigenvalue weighted by Crippen LogP contribution is 2.19. The molecule has 1 heterocycles. The Kier molecular flexibility index (Phi) is 6.34. The Morgan fingerprint density at radius 1 is 0.806 bits per heavy atom. The van der Waals surface area contributed by atoms with Crippen LogP contribution in [0.3, 0.4) is 0 Å². The molecule has 6 nitrogen and oxygen atoms in total. The lowest BCUT2D eigenvalue weighted by molar-refractivity contribution is 0.0628. The maximum Gasteiger partial charge on any atom is 0.261 e. The van der Waals surface area contributed by atoms with Crippen molar-refractivity contribution in [2.45, 2.75) is 11.4 Å². The number of sulfonamides is 1. The molecule has 1 amide bonds. The minimum Gasteiger partial charge on any atom is -0.336 e. The second kappa shape index (κ2) is 9.32. The van der Waals surface area contributed by atoms with Gasteiger partial charge >= 0.3 is 0 Å². The molecule has 3 aromatic carbocycles. The minimum absolute atomic E-state index is 0.0832. The molecule has 7 heteroatoms. The fourth-order valence-electron chi connectivity index (χ4n) is 3.66. The predicted octanol–water partition coefficient (Wildman–Crippen LogP) is 3.45. The Bertz CT molecular complexity index is 1130. The highest BCUT2D eigenvalue weighted by atomic mass is 32.2. The Balaban J connectivity index is 1.38. The van der Waals surface area contributed by atoms with E-state index in [2.05, 4.69) is 21.8 Å². The van der Waals surface area contributed by atoms with Gasteiger partial charge in [-0.3, -0.25) is 14.4 Å². The number of carbonyl (C=O) groups is 1. The van der Waals surface area contributed by atoms with Gasteiger partial charge in [-0.25, -0.2) is 8.42 Å². The van der Waals surface area contributed by atoms with Crippen LogP contribution in [-0.4, -0.2) is 50.3 Å². The molecule has 1 aliphatic heterocycles. The van der Waals surface area contributed by atoms with Gasteiger partial charge < -0.3 is 4.90 Å². The van der Waals surface area contributed by atoms with Crippen LogP contribution in [0.5, 0.6) is 0 Å². The van der Waals surface area contributed by atoms with Gasteiger partial charge in [-0.1, -0.05) is 54.6 Å². The van der Waals surface area contributed by atoms with Crippen LogP contribution in [0.1, 0.15) is 15.9 Å². The van der Waals surface area contributed by atoms with Gasteiger partial charge in [0.15, 0.2) is 0 Å². The van der Waals surface area contributed by atoms with Crippen LogP contribution in [0.2, 0.25) is 0 Å². The van der Waals surface area contributed by atoms with Gasteiger partial charge in [0, 0.05) is 44.0 Å². The Morgan fingerprint density at radius 2 is 1.45 bits per heavy atom. The van der Waals surface area contributed by atoms with Crippen LogP contribution in [0.25, 0.3) is 0 Å². The largest absolute Gasteiger partial charge is 0.336 e. The summed E-state index contributed by atoms with van der Waals surface area (Å²) in [6, 6.07) is 25.1. The van der Waals surface area contributed by atoms with Gasteiger partial charge in [-0.2, -0.15) is 0 Å². The average Bonchev–Trinajstić information content (AvgIpc) is 2.80. The molecule has 0 aromatic heterocycles. The summed E-state index contributed by atoms with van der Waals surface area (Å²) in [5.74, 6) is -0.0832. The van der Waals surface area contributed by atoms with Crippen LogP contribution in [0.4, 0.5) is 5.69 Å². The van der Waals surface area contributed by atoms with Crippen molar-refractivity contribution in [1.29, 1.82) is 0 Å². The van der Waals surface area contributed by atoms with E-state index in [1.54, 1.807) is 42.5 Å². The number of nitrogens with zero attached hydrogens (tertiary/aromatic N) is 2. The number of hydrogen-bond acceptors (Lipinski definition) is 4. The quantitative estimate of drug-likeness (QED) is 0.644. The second-order valence-electron chi connectivity index (χ2n) is 7.55. The summed E-state index contributed by atoms with van der Waals surface area (Å²) < 4.78 is 27.7. The predicted molar refractivity (Wildman–Crippen MR) is 121 cm³/mol. The Morgan fingerprint density at radius 3 is 2.13 bits per heavy atom. The third kappa shape index (κ3) is 5.31. The SMILES string of the molecule is O=C(c1cccc(NS(=O)(=O)c2ccccc2)c1)N1CCN(Cc2ccccc2)CC1. The molecule has 0 aliphatic carbocycles. The molecule has 0 spiro atoms. The Hall–Kier alpha value is -3.16. The molecule has 0 unspecified atom stereocenters. The lowest BCUT2D eigenvalue weighted by Crippen LogP contribution is -2.48. The van der Waals surface area contributed by atoms with Crippen molar-refractivity contribution in [1.82, 2.24) is 9.80 Å². The van der Waals surface area contributed by atoms with E-state index >= 15 is 0 Å². The summed E-state index contributed by atoms with van der Waals surface area (Å²) in [6.07, 6.45) is 0. The van der Waals surface area contributed by atoms with E-state index in [1.165, 1.54) is 17.7 Å². The fraction of sp³-hybridized carbons (Fsp3) is 0.208. The molecule has 1 saturated heterocycles. The van der Waals surface area contributed by atoms with E-state index in [4.69, 9.17) is 0 Å². The van der Waals surface area contributed by atoms with Crippen LogP contribution < -0.4 is 4.72 Å². The third-order valence-electron chi connectivity index (χ3n) is 5.32. The van der Waals surface area contributed by atoms with Gasteiger partial charge in [0.05, 0.1) is 4.90 Å². The van der Waals surface area contributed by atoms with Crippen molar-refractivity contribution < 1.29 is 13.2 Å². The number of amides is 1. The number of hydrogen-bond donors (Lipinski definition) is 1. The summed E-state index contributed by atoms with van der Waals surface area (Å²) in [5.41, 5.74) is 2.11. The molecule has 0 atom stereocenters. The van der Waals surface area contributed by atoms with Crippen molar-refractivity contribution in [2.24, 2.45) is 0 Å². The normalized spacial score (nSPS) is 14.9. The topological polar surface area (TPSA) is 69.7 Å². The molecule has 1 fully saturated rings. The van der Waals surface area contributed by atoms with Gasteiger partial charge in [0.25, 0.3) is 15.9 Å². The van der Waals surface area contributed by atoms with E-state index in [9.17, 15) is 13.2 Å². The molecule has 160 valence electrons. The van der Waals surface area contributed by atoms with Gasteiger partial charge in [0.1, 0.15) is 0 Å². The summed E-state index contributed by atoms with van der Waals surface area (Å²) in [7, 11) is -3.70. The molecule has 4 rings (SSSR count). The molecule has 0 saturated carbocycles. The number of anilines is 1. The first-order chi connectivity index (χ1) is 15.0. The van der Waals surface area contributed by atoms with E-state index < -0.39 is 10.0 Å². The van der Waals surface area contributed by atoms with Crippen LogP contribution in [0.15, 0.2) is 89.8 Å². The maximum absolute atomic E-state index is 13.0. The highest BCUT2D eigenvalue weighted by molar-refractivity contribution is 7.92. The Labute approximate surface area is 183 Å². The lowest BCUT2D eigenvalue weighted by Gasteiger charge is -2.34. The number of benzene rings is 3. The zero-order valence-corrected chi connectivity index (χ0v) is 18.0. The third-order valence-corrected chi connectivity index (χ3v) is 6.72. The van der Waals surface area contributed by atoms with Crippen molar-refractivity contribution in [2.75, 3.05) is 30.9 Å². The first kappa shape index (κ1) is 21.1. The van der Waals surface area contributed by atoms with Crippen molar-refractivity contribution in [3.05, 3.63) is 96.1 Å². The average molecular weight is 436 g/mol. The molecular formula is C24H25N3O3S. The van der Waals surface area contributed by atoms with Crippen LogP contribution in [0, 0.1) is 0 Å². The van der Waals surface area contributed by atoms with E-state index in [-0.39, 0.29) is 10.8 Å². The lowest BCUT2D eigenvalue weighted by atomic mass is 10.1. The number of piperazine rings is 1. The molecular weight excluding hydrogens is 410 g/mol. The molecule has 31 heavy (non-hydrogen) atoms. The summed E-state index contributed by atoms with van der Waals surface area (Å²) in [4.78, 5) is 17.3. The van der Waals surface area contributed by atoms with Crippen molar-refractivity contribution in [3.8, 4) is 0 Å². The van der Waals surface area contributed by atoms with Gasteiger partial charge in [-0.15, -0.1) is 0 Å². The molecule has 1 aliphatic rings. The van der Waals surface area contributed by atoms with E-state index in [1.807, 2.05) is 23.1 Å². The van der Waals surface area contributed by atoms with Crippen LogP contribution >= 0.6 is 0 Å². The van der Waals surface area contributed by atoms with Crippen LogP contribution in [-0.2, 0) is 16.6 Å². The zero-order chi connectivity index (χ0) is 21.7. The monoisotopic (exact) mass is 435 g/mol. The summed E-state index contributed by atoms with van der Waals surface area (Å²) in [5, 5.41) is 0. The van der Waals surface area contributed by atoms with Gasteiger partial charge in [-0.05, 0) is 35.9 Å². The van der Waals surface area contributed by atoms with Crippen molar-refractivity contribution >= 4 is 21.6 Å². The van der Waals surface area contributed by atoms with Crippen molar-refractivity contribution in [3.63, 3.8) is 0 Å². The molecule has 0 bridgehead atoms. The number of nitrogens with one attached hydrogen (secondary N) is 1. The molecule has 1 N–H and O–H groups in total. The fourth-order valence-corrected chi connectivity index (χ4v) is 4.73. The standard InChI is InChI=1S/C24H25N3O3S/c28-24(27-16-14-26(15-17-27)19-20-8-3-1-4-9-20)21-10-7-11-22(18-21)25-31(29,30)23-12-5-2-6-13-23/h1-13,18,25H,14-17,19H2. The first-order valence-corrected chi connectivity index (χ1v) is 11.7. The summed E-state index contributed by atoms with van der Waals surface area (Å²) in [6.45, 7) is 3.78. The summed E-state index contributed by atoms with van der Waals surface area (Å²) >= 11 is 0. The smallest absolute Gasteiger partial charge is 0.261 e. The maximum atomic E-state index is 13.0. The van der Waals surface area contributed by atoms with E-state index in [0.29, 0.717) is 24.3 Å². The zero-order valence-electron chi connectivity index (χ0n) is 17.1. The molecule has 0 radical (unpaired) electrons. The van der Waals surface area contributed by atoms with E-state index in [0.717, 1.165) is 19.6 Å². The number of carbonyl (C=O) groups excluding carboxylic acids is 1. The minimum atomic E-state index is -3.70. The first-order valence-electron chi connectivity index (χ1n) is 10.2. The van der Waals surface area contributed by atoms with Gasteiger partial charge in [0.2, 0.25) is 0 Å². The highest BCUT2D eigenvalue weighted by Gasteiger charge is 2.23. The second-order valence-corrected chi connectivity index (χ2v) is 9.24.